The Hall–Kier alpha value is -0.961. The van der Waals surface area contributed by atoms with Gasteiger partial charge in [-0.15, -0.1) is 0 Å². The van der Waals surface area contributed by atoms with Gasteiger partial charge < -0.3 is 0 Å². The average molecular weight is 671 g/mol. The van der Waals surface area contributed by atoms with E-state index < -0.39 is 7.92 Å². The van der Waals surface area contributed by atoms with Crippen molar-refractivity contribution >= 4 is 31.8 Å². The minimum Gasteiger partial charge on any atom is -0.0968 e. The zero-order valence-corrected chi connectivity index (χ0v) is 29.6. The molecule has 7 rings (SSSR count). The van der Waals surface area contributed by atoms with Crippen molar-refractivity contribution in [1.29, 1.82) is 0 Å². The van der Waals surface area contributed by atoms with E-state index >= 15 is 0 Å². The summed E-state index contributed by atoms with van der Waals surface area (Å²) < 4.78 is 0. The van der Waals surface area contributed by atoms with Crippen LogP contribution in [0.25, 0.3) is 0 Å². The van der Waals surface area contributed by atoms with Gasteiger partial charge in [0.1, 0.15) is 0 Å². The molecule has 0 amide bonds. The molecule has 0 spiro atoms. The maximum atomic E-state index is 2.62. The van der Waals surface area contributed by atoms with Crippen molar-refractivity contribution in [2.75, 3.05) is 0 Å². The monoisotopic (exact) mass is 670 g/mol. The number of hydrogen-bond donors (Lipinski definition) is 0. The molecule has 10 radical (unpaired) electrons. The Labute approximate surface area is 289 Å². The maximum Gasteiger partial charge on any atom is 0.0171 e. The second kappa shape index (κ2) is 18.5. The summed E-state index contributed by atoms with van der Waals surface area (Å²) in [6.07, 6.45) is 31.9. The fourth-order valence-electron chi connectivity index (χ4n) is 7.69. The zero-order chi connectivity index (χ0) is 30.0. The Bertz CT molecular complexity index is 1160. The Kier molecular flexibility index (Phi) is 14.6. The molecule has 1 atom stereocenters. The number of rotatable bonds is 8. The van der Waals surface area contributed by atoms with Crippen LogP contribution in [-0.4, -0.2) is 17.0 Å². The van der Waals surface area contributed by atoms with Gasteiger partial charge in [-0.25, -0.2) is 0 Å². The van der Waals surface area contributed by atoms with E-state index in [1.807, 2.05) is 32.1 Å². The summed E-state index contributed by atoms with van der Waals surface area (Å²) in [5.41, 5.74) is 4.06. The molecule has 3 aromatic carbocycles. The van der Waals surface area contributed by atoms with Crippen LogP contribution in [0.1, 0.15) is 76.7 Å². The molecule has 45 heavy (non-hydrogen) atoms. The van der Waals surface area contributed by atoms with Gasteiger partial charge in [-0.2, -0.15) is 0 Å². The maximum absolute atomic E-state index is 2.62. The Morgan fingerprint density at radius 3 is 1.51 bits per heavy atom. The van der Waals surface area contributed by atoms with Gasteiger partial charge in [0.25, 0.3) is 0 Å². The predicted molar refractivity (Wildman–Crippen MR) is 195 cm³/mol. The van der Waals surface area contributed by atoms with E-state index in [9.17, 15) is 0 Å². The standard InChI is InChI=1S/C37H43P2.C5H5.Fe/c1-29(38(30-17-6-2-7-18-30)31-19-8-3-9-20-31)34-26-16-27-35(34)36-25-14-15-28-37(36)39(32-21-10-4-11-22-32)33-23-12-5-13-24-33;1-2-4-5-3-1;/h4-5,10-16,21-31H,2-3,6-9,17-20H2,1H3;1-5H;. The summed E-state index contributed by atoms with van der Waals surface area (Å²) in [7, 11) is -0.660. The average Bonchev–Trinajstić information content (AvgIpc) is 3.84. The largest absolute Gasteiger partial charge is 0.0968 e. The van der Waals surface area contributed by atoms with Gasteiger partial charge in [-0.05, 0) is 129 Å². The number of hydrogen-bond acceptors (Lipinski definition) is 0. The van der Waals surface area contributed by atoms with E-state index in [-0.39, 0.29) is 25.0 Å². The van der Waals surface area contributed by atoms with E-state index in [2.05, 4.69) is 111 Å². The van der Waals surface area contributed by atoms with Crippen molar-refractivity contribution < 1.29 is 17.1 Å². The SMILES string of the molecule is CC([C]1[CH][CH][CH][C]1c1ccccc1P(c1ccccc1)c1ccccc1)P(C1CCCCC1)C1CCCCC1.[CH]1[CH][CH][CH][CH]1.[Fe]. The van der Waals surface area contributed by atoms with Crippen LogP contribution in [0.15, 0.2) is 84.9 Å². The summed E-state index contributed by atoms with van der Waals surface area (Å²) in [6.45, 7) is 2.62. The van der Waals surface area contributed by atoms with Gasteiger partial charge in [0.2, 0.25) is 0 Å². The van der Waals surface area contributed by atoms with Crippen molar-refractivity contribution in [3.8, 4) is 0 Å². The zero-order valence-electron chi connectivity index (χ0n) is 26.8. The quantitative estimate of drug-likeness (QED) is 0.165. The van der Waals surface area contributed by atoms with E-state index in [0.717, 1.165) is 11.3 Å². The molecule has 0 bridgehead atoms. The van der Waals surface area contributed by atoms with Gasteiger partial charge in [0, 0.05) is 23.0 Å². The van der Waals surface area contributed by atoms with Crippen LogP contribution in [-0.2, 0) is 17.1 Å². The van der Waals surface area contributed by atoms with Gasteiger partial charge in [0.15, 0.2) is 0 Å². The molecule has 4 saturated carbocycles. The van der Waals surface area contributed by atoms with Crippen molar-refractivity contribution in [3.63, 3.8) is 0 Å². The first kappa shape index (κ1) is 35.3. The summed E-state index contributed by atoms with van der Waals surface area (Å²) in [5.74, 6) is 3.12. The first-order chi connectivity index (χ1) is 21.8. The molecule has 3 aromatic rings. The van der Waals surface area contributed by atoms with Gasteiger partial charge in [-0.3, -0.25) is 0 Å². The van der Waals surface area contributed by atoms with Crippen LogP contribution >= 0.6 is 15.8 Å². The van der Waals surface area contributed by atoms with Gasteiger partial charge in [0.05, 0.1) is 0 Å². The normalized spacial score (nSPS) is 21.0. The van der Waals surface area contributed by atoms with Gasteiger partial charge in [-0.1, -0.05) is 138 Å². The molecule has 0 saturated heterocycles. The first-order valence-electron chi connectivity index (χ1n) is 17.0. The molecule has 0 nitrogen and oxygen atoms in total. The summed E-state index contributed by atoms with van der Waals surface area (Å²) in [4.78, 5) is 0. The fraction of sp³-hybridized carbons (Fsp3) is 0.333. The molecule has 234 valence electrons. The molecule has 0 N–H and O–H groups in total. The minimum absolute atomic E-state index is 0. The van der Waals surface area contributed by atoms with Crippen molar-refractivity contribution in [3.05, 3.63) is 154 Å². The Morgan fingerprint density at radius 2 is 1.00 bits per heavy atom. The summed E-state index contributed by atoms with van der Waals surface area (Å²) in [5, 5.41) is 4.35. The minimum atomic E-state index is -0.637. The summed E-state index contributed by atoms with van der Waals surface area (Å²) >= 11 is 0. The van der Waals surface area contributed by atoms with Crippen LogP contribution in [0.3, 0.4) is 0 Å². The van der Waals surface area contributed by atoms with Crippen LogP contribution in [0.2, 0.25) is 0 Å². The molecule has 3 heteroatoms. The Balaban J connectivity index is 0.000000609. The molecular formula is C42H48FeP2. The fourth-order valence-corrected chi connectivity index (χ4v) is 14.5. The first-order valence-corrected chi connectivity index (χ1v) is 19.9. The smallest absolute Gasteiger partial charge is 0.0171 e. The second-order valence-electron chi connectivity index (χ2n) is 12.6. The molecule has 4 fully saturated rings. The third-order valence-electron chi connectivity index (χ3n) is 9.76. The predicted octanol–water partition coefficient (Wildman–Crippen LogP) is 10.1. The molecular weight excluding hydrogens is 622 g/mol. The van der Waals surface area contributed by atoms with Crippen LogP contribution in [0.5, 0.6) is 0 Å². The van der Waals surface area contributed by atoms with Crippen LogP contribution in [0.4, 0.5) is 0 Å². The van der Waals surface area contributed by atoms with E-state index in [1.165, 1.54) is 91.6 Å². The molecule has 4 aliphatic carbocycles. The van der Waals surface area contributed by atoms with Crippen molar-refractivity contribution in [1.82, 2.24) is 0 Å². The third kappa shape index (κ3) is 9.14. The molecule has 4 aliphatic rings. The molecule has 0 heterocycles. The molecule has 0 aromatic heterocycles. The van der Waals surface area contributed by atoms with Crippen LogP contribution in [0, 0.1) is 63.2 Å². The van der Waals surface area contributed by atoms with E-state index in [1.54, 1.807) is 5.92 Å². The topological polar surface area (TPSA) is 0 Å². The van der Waals surface area contributed by atoms with Crippen molar-refractivity contribution in [2.45, 2.75) is 88.1 Å². The van der Waals surface area contributed by atoms with E-state index in [4.69, 9.17) is 0 Å². The van der Waals surface area contributed by atoms with Crippen LogP contribution < -0.4 is 15.9 Å². The van der Waals surface area contributed by atoms with Crippen molar-refractivity contribution in [2.24, 2.45) is 0 Å². The molecule has 0 aliphatic heterocycles. The summed E-state index contributed by atoms with van der Waals surface area (Å²) in [6, 6.07) is 31.7. The Morgan fingerprint density at radius 1 is 0.533 bits per heavy atom. The van der Waals surface area contributed by atoms with Gasteiger partial charge >= 0.3 is 0 Å². The third-order valence-corrected chi connectivity index (χ3v) is 16.2. The number of benzene rings is 3. The molecule has 1 unspecified atom stereocenters. The second-order valence-corrected chi connectivity index (χ2v) is 17.9. The van der Waals surface area contributed by atoms with E-state index in [0.29, 0.717) is 5.66 Å².